The number of fused-ring (bicyclic) bond motifs is 1. The smallest absolute Gasteiger partial charge is 0.330 e. The number of aliphatic hydroxyl groups excluding tert-OH is 2. The van der Waals surface area contributed by atoms with Gasteiger partial charge in [-0.3, -0.25) is 4.79 Å². The molecule has 0 saturated carbocycles. The largest absolute Gasteiger partial charge is 0.508 e. The number of ether oxygens (including phenoxy) is 3. The van der Waals surface area contributed by atoms with Gasteiger partial charge < -0.3 is 49.3 Å². The summed E-state index contributed by atoms with van der Waals surface area (Å²) in [5.41, 5.74) is 0.308. The molecular weight excluding hydrogens is 540 g/mol. The number of benzene rings is 3. The van der Waals surface area contributed by atoms with E-state index in [0.717, 1.165) is 12.1 Å². The van der Waals surface area contributed by atoms with Crippen molar-refractivity contribution in [3.63, 3.8) is 0 Å². The number of rotatable bonds is 7. The highest BCUT2D eigenvalue weighted by atomic mass is 16.7. The van der Waals surface area contributed by atoms with Gasteiger partial charge in [-0.2, -0.15) is 0 Å². The van der Waals surface area contributed by atoms with Crippen LogP contribution in [0.3, 0.4) is 0 Å². The molecule has 1 aliphatic heterocycles. The maximum atomic E-state index is 12.5. The third kappa shape index (κ3) is 5.79. The Labute approximate surface area is 231 Å². The van der Waals surface area contributed by atoms with Crippen molar-refractivity contribution in [2.24, 2.45) is 0 Å². The molecule has 4 unspecified atom stereocenters. The maximum Gasteiger partial charge on any atom is 0.330 e. The number of hydrogen-bond donors (Lipinski definition) is 6. The van der Waals surface area contributed by atoms with Crippen LogP contribution in [0.2, 0.25) is 0 Å². The molecule has 1 saturated heterocycles. The van der Waals surface area contributed by atoms with E-state index in [0.29, 0.717) is 11.1 Å². The van der Waals surface area contributed by atoms with Crippen LogP contribution in [0.25, 0.3) is 28.4 Å². The molecule has 4 atom stereocenters. The van der Waals surface area contributed by atoms with Crippen molar-refractivity contribution in [1.29, 1.82) is 0 Å². The standard InChI is InChI=1S/C29H24O12/c30-16-6-1-14(2-7-16)3-10-23(33)38-13-22-26(35)28(37)29(41-22)39-17-8-4-15(5-9-17)20-11-18(31)24-21(40-20)12-19(32)25(34)27(24)36/h1-12,22,26,28-30,32,34-37H,13H2. The van der Waals surface area contributed by atoms with E-state index in [9.17, 15) is 40.2 Å². The molecule has 12 heteroatoms. The highest BCUT2D eigenvalue weighted by Gasteiger charge is 2.44. The van der Waals surface area contributed by atoms with Gasteiger partial charge in [0.25, 0.3) is 0 Å². The van der Waals surface area contributed by atoms with Crippen LogP contribution in [0.1, 0.15) is 5.56 Å². The van der Waals surface area contributed by atoms with Crippen LogP contribution in [0.5, 0.6) is 28.7 Å². The number of hydrogen-bond acceptors (Lipinski definition) is 12. The Morgan fingerprint density at radius 1 is 0.902 bits per heavy atom. The van der Waals surface area contributed by atoms with Crippen molar-refractivity contribution < 1.29 is 54.1 Å². The van der Waals surface area contributed by atoms with E-state index < -0.39 is 53.2 Å². The van der Waals surface area contributed by atoms with Gasteiger partial charge in [0, 0.05) is 23.8 Å². The van der Waals surface area contributed by atoms with Crippen LogP contribution < -0.4 is 10.2 Å². The number of phenols is 4. The summed E-state index contributed by atoms with van der Waals surface area (Å²) in [6, 6.07) is 14.3. The van der Waals surface area contributed by atoms with Gasteiger partial charge in [-0.25, -0.2) is 4.79 Å². The van der Waals surface area contributed by atoms with Crippen molar-refractivity contribution in [3.8, 4) is 40.1 Å². The molecule has 6 N–H and O–H groups in total. The summed E-state index contributed by atoms with van der Waals surface area (Å²) in [6.45, 7) is -0.348. The summed E-state index contributed by atoms with van der Waals surface area (Å²) in [4.78, 5) is 24.5. The Hall–Kier alpha value is -5.04. The summed E-state index contributed by atoms with van der Waals surface area (Å²) in [6.07, 6.45) is -2.51. The Bertz CT molecular complexity index is 1660. The zero-order valence-corrected chi connectivity index (χ0v) is 21.1. The highest BCUT2D eigenvalue weighted by molar-refractivity contribution is 5.89. The van der Waals surface area contributed by atoms with Gasteiger partial charge in [0.15, 0.2) is 16.9 Å². The van der Waals surface area contributed by atoms with E-state index in [1.165, 1.54) is 48.6 Å². The van der Waals surface area contributed by atoms with Crippen LogP contribution in [0.15, 0.2) is 76.0 Å². The number of carbonyl (C=O) groups is 1. The van der Waals surface area contributed by atoms with Crippen molar-refractivity contribution in [3.05, 3.63) is 82.5 Å². The molecule has 0 bridgehead atoms. The molecule has 1 aliphatic rings. The Kier molecular flexibility index (Phi) is 7.53. The molecular formula is C29H24O12. The molecule has 0 aliphatic carbocycles. The monoisotopic (exact) mass is 564 g/mol. The summed E-state index contributed by atoms with van der Waals surface area (Å²) in [7, 11) is 0. The number of aromatic hydroxyl groups is 4. The van der Waals surface area contributed by atoms with Crippen LogP contribution in [0, 0.1) is 0 Å². The molecule has 1 fully saturated rings. The Balaban J connectivity index is 1.21. The number of phenolic OH excluding ortho intramolecular Hbond substituents is 4. The van der Waals surface area contributed by atoms with E-state index in [1.54, 1.807) is 12.1 Å². The Morgan fingerprint density at radius 3 is 2.32 bits per heavy atom. The van der Waals surface area contributed by atoms with E-state index in [1.807, 2.05) is 0 Å². The van der Waals surface area contributed by atoms with E-state index in [-0.39, 0.29) is 34.8 Å². The topological polar surface area (TPSA) is 196 Å². The highest BCUT2D eigenvalue weighted by Crippen LogP contribution is 2.40. The fraction of sp³-hybridized carbons (Fsp3) is 0.172. The predicted molar refractivity (Wildman–Crippen MR) is 142 cm³/mol. The molecule has 12 nitrogen and oxygen atoms in total. The van der Waals surface area contributed by atoms with Crippen LogP contribution in [-0.2, 0) is 14.3 Å². The van der Waals surface area contributed by atoms with Gasteiger partial charge >= 0.3 is 5.97 Å². The second kappa shape index (κ2) is 11.2. The average molecular weight is 564 g/mol. The zero-order chi connectivity index (χ0) is 29.3. The lowest BCUT2D eigenvalue weighted by atomic mass is 10.1. The average Bonchev–Trinajstić information content (AvgIpc) is 3.22. The minimum atomic E-state index is -1.44. The second-order valence-electron chi connectivity index (χ2n) is 9.16. The fourth-order valence-electron chi connectivity index (χ4n) is 4.16. The first-order chi connectivity index (χ1) is 19.6. The van der Waals surface area contributed by atoms with E-state index >= 15 is 0 Å². The lowest BCUT2D eigenvalue weighted by Crippen LogP contribution is -2.36. The summed E-state index contributed by atoms with van der Waals surface area (Å²) in [5, 5.41) is 59.1. The van der Waals surface area contributed by atoms with Crippen LogP contribution >= 0.6 is 0 Å². The lowest BCUT2D eigenvalue weighted by molar-refractivity contribution is -0.149. The van der Waals surface area contributed by atoms with Crippen LogP contribution in [0.4, 0.5) is 0 Å². The predicted octanol–water partition coefficient (Wildman–Crippen LogP) is 2.36. The molecule has 41 heavy (non-hydrogen) atoms. The third-order valence-electron chi connectivity index (χ3n) is 6.35. The quantitative estimate of drug-likeness (QED) is 0.109. The normalized spacial score (nSPS) is 20.4. The molecule has 4 aromatic rings. The molecule has 0 spiro atoms. The minimum Gasteiger partial charge on any atom is -0.508 e. The summed E-state index contributed by atoms with van der Waals surface area (Å²) in [5.74, 6) is -2.55. The third-order valence-corrected chi connectivity index (χ3v) is 6.35. The van der Waals surface area contributed by atoms with Crippen molar-refractivity contribution in [2.75, 3.05) is 6.61 Å². The van der Waals surface area contributed by atoms with Gasteiger partial charge in [-0.15, -0.1) is 0 Å². The molecule has 212 valence electrons. The van der Waals surface area contributed by atoms with Crippen molar-refractivity contribution >= 4 is 23.0 Å². The molecule has 1 aromatic heterocycles. The molecule has 0 radical (unpaired) electrons. The number of aliphatic hydroxyl groups is 2. The molecule has 5 rings (SSSR count). The van der Waals surface area contributed by atoms with Crippen LogP contribution in [-0.4, -0.2) is 67.8 Å². The second-order valence-corrected chi connectivity index (χ2v) is 9.16. The van der Waals surface area contributed by atoms with Crippen molar-refractivity contribution in [2.45, 2.75) is 24.6 Å². The fourth-order valence-corrected chi connectivity index (χ4v) is 4.16. The maximum absolute atomic E-state index is 12.5. The first-order valence-corrected chi connectivity index (χ1v) is 12.2. The number of esters is 1. The minimum absolute atomic E-state index is 0.0907. The van der Waals surface area contributed by atoms with Gasteiger partial charge in [0.05, 0.1) is 0 Å². The molecule has 0 amide bonds. The van der Waals surface area contributed by atoms with Gasteiger partial charge in [-0.05, 0) is 48.0 Å². The zero-order valence-electron chi connectivity index (χ0n) is 21.1. The van der Waals surface area contributed by atoms with E-state index in [2.05, 4.69) is 0 Å². The Morgan fingerprint density at radius 2 is 1.61 bits per heavy atom. The van der Waals surface area contributed by atoms with Gasteiger partial charge in [0.2, 0.25) is 12.0 Å². The summed E-state index contributed by atoms with van der Waals surface area (Å²) >= 11 is 0. The van der Waals surface area contributed by atoms with Gasteiger partial charge in [-0.1, -0.05) is 12.1 Å². The van der Waals surface area contributed by atoms with E-state index in [4.69, 9.17) is 18.6 Å². The lowest BCUT2D eigenvalue weighted by Gasteiger charge is -2.17. The number of carbonyl (C=O) groups excluding carboxylic acids is 1. The first kappa shape index (κ1) is 27.5. The SMILES string of the molecule is O=C(C=Cc1ccc(O)cc1)OCC1OC(Oc2ccc(-c3cc(=O)c4c(O)c(O)c(O)cc4o3)cc2)C(O)C1O. The van der Waals surface area contributed by atoms with Gasteiger partial charge in [0.1, 0.15) is 53.1 Å². The van der Waals surface area contributed by atoms with Crippen molar-refractivity contribution in [1.82, 2.24) is 0 Å². The molecule has 2 heterocycles. The molecule has 3 aromatic carbocycles. The summed E-state index contributed by atoms with van der Waals surface area (Å²) < 4.78 is 21.9. The first-order valence-electron chi connectivity index (χ1n) is 12.2.